The number of ether oxygens (including phenoxy) is 1. The van der Waals surface area contributed by atoms with Gasteiger partial charge in [0.15, 0.2) is 0 Å². The van der Waals surface area contributed by atoms with Crippen molar-refractivity contribution in [1.29, 1.82) is 0 Å². The number of amides is 1. The molecule has 1 aliphatic carbocycles. The molecule has 1 amide bonds. The Morgan fingerprint density at radius 3 is 3.00 bits per heavy atom. The summed E-state index contributed by atoms with van der Waals surface area (Å²) in [5.74, 6) is 0.450. The molecule has 4 heteroatoms. The molecule has 0 aromatic rings. The number of rotatable bonds is 5. The summed E-state index contributed by atoms with van der Waals surface area (Å²) in [6.07, 6.45) is 4.17. The highest BCUT2D eigenvalue weighted by atomic mass is 16.5. The molecule has 98 valence electrons. The second-order valence-electron chi connectivity index (χ2n) is 5.92. The lowest BCUT2D eigenvalue weighted by molar-refractivity contribution is -0.192. The van der Waals surface area contributed by atoms with E-state index in [1.807, 2.05) is 0 Å². The third-order valence-corrected chi connectivity index (χ3v) is 4.30. The molecule has 0 bridgehead atoms. The molecule has 0 aromatic heterocycles. The molecule has 2 rings (SSSR count). The van der Waals surface area contributed by atoms with Crippen molar-refractivity contribution in [1.82, 2.24) is 5.32 Å². The first-order chi connectivity index (χ1) is 8.03. The van der Waals surface area contributed by atoms with Crippen LogP contribution in [-0.4, -0.2) is 31.2 Å². The van der Waals surface area contributed by atoms with Crippen LogP contribution >= 0.6 is 0 Å². The molecule has 0 aromatic carbocycles. The fourth-order valence-corrected chi connectivity index (χ4v) is 3.46. The largest absolute Gasteiger partial charge is 0.377 e. The fraction of sp³-hybridized carbons (Fsp3) is 0.923. The molecule has 1 saturated heterocycles. The number of fused-ring (bicyclic) bond motifs is 1. The third-order valence-electron chi connectivity index (χ3n) is 4.30. The number of carbonyl (C=O) groups is 1. The molecular weight excluding hydrogens is 216 g/mol. The Balaban J connectivity index is 1.78. The monoisotopic (exact) mass is 240 g/mol. The van der Waals surface area contributed by atoms with Crippen molar-refractivity contribution in [3.05, 3.63) is 0 Å². The maximum absolute atomic E-state index is 10.7. The van der Waals surface area contributed by atoms with Crippen LogP contribution in [0.1, 0.15) is 39.5 Å². The molecule has 3 unspecified atom stereocenters. The lowest BCUT2D eigenvalue weighted by Gasteiger charge is -2.60. The SMILES string of the molecule is CC1(C)C(NCCCC(N)=O)C2CCCOC21. The van der Waals surface area contributed by atoms with E-state index in [-0.39, 0.29) is 11.3 Å². The third kappa shape index (κ3) is 2.47. The number of hydrogen-bond donors (Lipinski definition) is 2. The quantitative estimate of drug-likeness (QED) is 0.706. The average molecular weight is 240 g/mol. The van der Waals surface area contributed by atoms with Crippen molar-refractivity contribution in [3.63, 3.8) is 0 Å². The van der Waals surface area contributed by atoms with Gasteiger partial charge in [-0.1, -0.05) is 13.8 Å². The highest BCUT2D eigenvalue weighted by Crippen LogP contribution is 2.51. The first kappa shape index (κ1) is 12.8. The van der Waals surface area contributed by atoms with Crippen molar-refractivity contribution in [2.45, 2.75) is 51.7 Å². The van der Waals surface area contributed by atoms with Gasteiger partial charge in [0.2, 0.25) is 5.91 Å². The number of carbonyl (C=O) groups excluding carboxylic acids is 1. The second kappa shape index (κ2) is 4.94. The second-order valence-corrected chi connectivity index (χ2v) is 5.92. The predicted molar refractivity (Wildman–Crippen MR) is 66.5 cm³/mol. The van der Waals surface area contributed by atoms with E-state index in [1.54, 1.807) is 0 Å². The van der Waals surface area contributed by atoms with Crippen LogP contribution in [-0.2, 0) is 9.53 Å². The Bertz CT molecular complexity index is 291. The van der Waals surface area contributed by atoms with E-state index in [9.17, 15) is 4.79 Å². The van der Waals surface area contributed by atoms with Crippen molar-refractivity contribution in [2.75, 3.05) is 13.2 Å². The van der Waals surface area contributed by atoms with Crippen LogP contribution in [0.15, 0.2) is 0 Å². The molecule has 2 fully saturated rings. The summed E-state index contributed by atoms with van der Waals surface area (Å²) >= 11 is 0. The molecule has 0 radical (unpaired) electrons. The van der Waals surface area contributed by atoms with Gasteiger partial charge in [-0.25, -0.2) is 0 Å². The van der Waals surface area contributed by atoms with E-state index in [0.717, 1.165) is 19.6 Å². The van der Waals surface area contributed by atoms with Gasteiger partial charge in [0.25, 0.3) is 0 Å². The number of primary amides is 1. The lowest BCUT2D eigenvalue weighted by Crippen LogP contribution is -2.69. The standard InChI is InChI=1S/C13H24N2O2/c1-13(2)11(15-7-3-6-10(14)16)9-5-4-8-17-12(9)13/h9,11-12,15H,3-8H2,1-2H3,(H2,14,16). The molecule has 17 heavy (non-hydrogen) atoms. The van der Waals surface area contributed by atoms with Crippen molar-refractivity contribution < 1.29 is 9.53 Å². The highest BCUT2D eigenvalue weighted by Gasteiger charge is 2.57. The van der Waals surface area contributed by atoms with Crippen molar-refractivity contribution in [2.24, 2.45) is 17.1 Å². The van der Waals surface area contributed by atoms with Crippen LogP contribution in [0.5, 0.6) is 0 Å². The van der Waals surface area contributed by atoms with Crippen LogP contribution in [0.3, 0.4) is 0 Å². The van der Waals surface area contributed by atoms with Crippen LogP contribution in [0, 0.1) is 11.3 Å². The van der Waals surface area contributed by atoms with Crippen LogP contribution < -0.4 is 11.1 Å². The van der Waals surface area contributed by atoms with Crippen molar-refractivity contribution >= 4 is 5.91 Å². The number of hydrogen-bond acceptors (Lipinski definition) is 3. The topological polar surface area (TPSA) is 64.3 Å². The Kier molecular flexibility index (Phi) is 3.73. The molecular formula is C13H24N2O2. The van der Waals surface area contributed by atoms with Gasteiger partial charge >= 0.3 is 0 Å². The molecule has 1 saturated carbocycles. The summed E-state index contributed by atoms with van der Waals surface area (Å²) in [7, 11) is 0. The molecule has 1 heterocycles. The van der Waals surface area contributed by atoms with Gasteiger partial charge in [-0.2, -0.15) is 0 Å². The number of nitrogens with two attached hydrogens (primary N) is 1. The maximum atomic E-state index is 10.7. The lowest BCUT2D eigenvalue weighted by atomic mass is 9.55. The van der Waals surface area contributed by atoms with Gasteiger partial charge in [-0.15, -0.1) is 0 Å². The van der Waals surface area contributed by atoms with E-state index in [2.05, 4.69) is 19.2 Å². The fourth-order valence-electron chi connectivity index (χ4n) is 3.46. The summed E-state index contributed by atoms with van der Waals surface area (Å²) in [5.41, 5.74) is 5.35. The number of nitrogens with one attached hydrogen (secondary N) is 1. The van der Waals surface area contributed by atoms with Gasteiger partial charge in [0, 0.05) is 30.4 Å². The maximum Gasteiger partial charge on any atom is 0.217 e. The molecule has 1 aliphatic heterocycles. The Morgan fingerprint density at radius 1 is 1.53 bits per heavy atom. The minimum Gasteiger partial charge on any atom is -0.377 e. The smallest absolute Gasteiger partial charge is 0.217 e. The summed E-state index contributed by atoms with van der Waals surface area (Å²) in [5, 5.41) is 3.58. The van der Waals surface area contributed by atoms with Gasteiger partial charge in [0.1, 0.15) is 0 Å². The zero-order valence-corrected chi connectivity index (χ0v) is 10.9. The Hall–Kier alpha value is -0.610. The minimum atomic E-state index is -0.210. The van der Waals surface area contributed by atoms with Crippen molar-refractivity contribution in [3.8, 4) is 0 Å². The Morgan fingerprint density at radius 2 is 2.29 bits per heavy atom. The van der Waals surface area contributed by atoms with E-state index >= 15 is 0 Å². The molecule has 2 aliphatic rings. The van der Waals surface area contributed by atoms with Gasteiger partial charge < -0.3 is 15.8 Å². The normalized spacial score (nSPS) is 34.8. The van der Waals surface area contributed by atoms with Gasteiger partial charge in [-0.3, -0.25) is 4.79 Å². The summed E-state index contributed by atoms with van der Waals surface area (Å²) in [6.45, 7) is 6.33. The minimum absolute atomic E-state index is 0.210. The zero-order valence-electron chi connectivity index (χ0n) is 10.9. The highest BCUT2D eigenvalue weighted by molar-refractivity contribution is 5.73. The molecule has 4 nitrogen and oxygen atoms in total. The molecule has 0 spiro atoms. The van der Waals surface area contributed by atoms with Gasteiger partial charge in [-0.05, 0) is 25.8 Å². The van der Waals surface area contributed by atoms with E-state index in [4.69, 9.17) is 10.5 Å². The van der Waals surface area contributed by atoms with Gasteiger partial charge in [0.05, 0.1) is 6.10 Å². The molecule has 3 N–H and O–H groups in total. The first-order valence-corrected chi connectivity index (χ1v) is 6.67. The van der Waals surface area contributed by atoms with E-state index in [0.29, 0.717) is 24.5 Å². The van der Waals surface area contributed by atoms with Crippen LogP contribution in [0.25, 0.3) is 0 Å². The zero-order chi connectivity index (χ0) is 12.5. The molecule has 3 atom stereocenters. The summed E-state index contributed by atoms with van der Waals surface area (Å²) < 4.78 is 5.85. The summed E-state index contributed by atoms with van der Waals surface area (Å²) in [4.78, 5) is 10.7. The van der Waals surface area contributed by atoms with E-state index < -0.39 is 0 Å². The van der Waals surface area contributed by atoms with Crippen LogP contribution in [0.4, 0.5) is 0 Å². The summed E-state index contributed by atoms with van der Waals surface area (Å²) in [6, 6.07) is 0.528. The van der Waals surface area contributed by atoms with E-state index in [1.165, 1.54) is 12.8 Å². The van der Waals surface area contributed by atoms with Crippen LogP contribution in [0.2, 0.25) is 0 Å². The first-order valence-electron chi connectivity index (χ1n) is 6.67. The average Bonchev–Trinajstić information content (AvgIpc) is 2.28. The predicted octanol–water partition coefficient (Wildman–Crippen LogP) is 1.05. The Labute approximate surface area is 103 Å².